The quantitative estimate of drug-likeness (QED) is 0.370. The van der Waals surface area contributed by atoms with E-state index < -0.39 is 17.4 Å². The molecule has 3 aromatic rings. The number of para-hydroxylation sites is 1. The lowest BCUT2D eigenvalue weighted by molar-refractivity contribution is -0.138. The minimum atomic E-state index is -4.63. The first-order valence-corrected chi connectivity index (χ1v) is 16.2. The van der Waals surface area contributed by atoms with Crippen LogP contribution in [0.25, 0.3) is 11.8 Å². The fourth-order valence-corrected chi connectivity index (χ4v) is 6.78. The molecule has 15 heteroatoms. The number of alkyl halides is 3. The monoisotopic (exact) mass is 676 g/mol. The number of anilines is 3. The molecule has 0 amide bonds. The van der Waals surface area contributed by atoms with Crippen LogP contribution >= 0.6 is 0 Å². The SMILES string of the molecule is CC1(N)C=c2ccccc2=N1.NC1=NC=C(c2nc(N3CCOCC3)ccc2C(F)(F)F)N(c2ncccc2N2C[C@@H]3CO[C@H](C2)[C@H]3N)C1. The van der Waals surface area contributed by atoms with Crippen molar-refractivity contribution in [3.63, 3.8) is 0 Å². The van der Waals surface area contributed by atoms with Gasteiger partial charge in [-0.25, -0.2) is 15.0 Å². The molecule has 0 radical (unpaired) electrons. The van der Waals surface area contributed by atoms with Crippen LogP contribution < -0.4 is 42.5 Å². The van der Waals surface area contributed by atoms with Crippen molar-refractivity contribution in [3.05, 3.63) is 82.8 Å². The molecule has 0 aliphatic carbocycles. The second kappa shape index (κ2) is 13.0. The Morgan fingerprint density at radius 2 is 1.80 bits per heavy atom. The van der Waals surface area contributed by atoms with Gasteiger partial charge in [0.15, 0.2) is 5.82 Å². The smallest absolute Gasteiger partial charge is 0.386 e. The molecule has 1 unspecified atom stereocenters. The van der Waals surface area contributed by atoms with Crippen molar-refractivity contribution < 1.29 is 22.6 Å². The number of halogens is 3. The van der Waals surface area contributed by atoms with Crippen LogP contribution in [0.5, 0.6) is 0 Å². The minimum Gasteiger partial charge on any atom is -0.386 e. The van der Waals surface area contributed by atoms with E-state index in [1.54, 1.807) is 17.2 Å². The molecule has 5 aliphatic rings. The van der Waals surface area contributed by atoms with E-state index in [1.165, 1.54) is 12.3 Å². The van der Waals surface area contributed by atoms with E-state index in [0.717, 1.165) is 22.3 Å². The minimum absolute atomic E-state index is 0.0407. The van der Waals surface area contributed by atoms with Gasteiger partial charge in [-0.1, -0.05) is 18.2 Å². The van der Waals surface area contributed by atoms with E-state index in [0.29, 0.717) is 57.6 Å². The van der Waals surface area contributed by atoms with Crippen LogP contribution in [0.15, 0.2) is 70.9 Å². The highest BCUT2D eigenvalue weighted by Crippen LogP contribution is 2.41. The molecule has 8 rings (SSSR count). The summed E-state index contributed by atoms with van der Waals surface area (Å²) in [6.07, 6.45) is 0.187. The zero-order chi connectivity index (χ0) is 34.3. The highest BCUT2D eigenvalue weighted by atomic mass is 19.4. The average molecular weight is 677 g/mol. The van der Waals surface area contributed by atoms with Crippen LogP contribution in [0.1, 0.15) is 18.2 Å². The molecule has 0 spiro atoms. The summed E-state index contributed by atoms with van der Waals surface area (Å²) in [6, 6.07) is 14.1. The molecule has 1 aromatic carbocycles. The number of benzene rings is 1. The van der Waals surface area contributed by atoms with E-state index in [2.05, 4.69) is 24.9 Å². The maximum absolute atomic E-state index is 14.3. The molecule has 5 aliphatic heterocycles. The summed E-state index contributed by atoms with van der Waals surface area (Å²) >= 11 is 0. The van der Waals surface area contributed by atoms with Crippen LogP contribution in [-0.2, 0) is 15.7 Å². The third-order valence-corrected chi connectivity index (χ3v) is 9.19. The largest absolute Gasteiger partial charge is 0.418 e. The molecule has 3 fully saturated rings. The van der Waals surface area contributed by atoms with Gasteiger partial charge in [-0.15, -0.1) is 0 Å². The van der Waals surface area contributed by atoms with Gasteiger partial charge in [0.1, 0.15) is 23.0 Å². The van der Waals surface area contributed by atoms with Gasteiger partial charge in [0.05, 0.1) is 61.0 Å². The molecule has 12 nitrogen and oxygen atoms in total. The van der Waals surface area contributed by atoms with E-state index in [9.17, 15) is 13.2 Å². The van der Waals surface area contributed by atoms with Gasteiger partial charge in [0.25, 0.3) is 0 Å². The predicted molar refractivity (Wildman–Crippen MR) is 181 cm³/mol. The summed E-state index contributed by atoms with van der Waals surface area (Å²) in [5.74, 6) is 1.33. The molecule has 6 N–H and O–H groups in total. The number of ether oxygens (including phenoxy) is 2. The van der Waals surface area contributed by atoms with Gasteiger partial charge in [0, 0.05) is 44.3 Å². The molecular formula is C34H39F3N10O2. The van der Waals surface area contributed by atoms with Gasteiger partial charge in [-0.3, -0.25) is 4.99 Å². The Kier molecular flexibility index (Phi) is 8.77. The number of fused-ring (bicyclic) bond motifs is 3. The van der Waals surface area contributed by atoms with Crippen molar-refractivity contribution in [1.82, 2.24) is 9.97 Å². The van der Waals surface area contributed by atoms with Crippen molar-refractivity contribution in [2.24, 2.45) is 33.1 Å². The van der Waals surface area contributed by atoms with E-state index in [1.807, 2.05) is 48.2 Å². The molecule has 4 atom stereocenters. The lowest BCUT2D eigenvalue weighted by atomic mass is 9.94. The summed E-state index contributed by atoms with van der Waals surface area (Å²) in [4.78, 5) is 23.3. The fraction of sp³-hybridized carbons (Fsp3) is 0.412. The summed E-state index contributed by atoms with van der Waals surface area (Å²) in [6.45, 7) is 5.80. The van der Waals surface area contributed by atoms with Crippen LogP contribution in [0.3, 0.4) is 0 Å². The van der Waals surface area contributed by atoms with E-state index in [4.69, 9.17) is 26.7 Å². The number of hydrogen-bond acceptors (Lipinski definition) is 12. The first-order valence-electron chi connectivity index (χ1n) is 16.2. The van der Waals surface area contributed by atoms with E-state index in [-0.39, 0.29) is 41.8 Å². The molecule has 3 saturated heterocycles. The Morgan fingerprint density at radius 1 is 1.00 bits per heavy atom. The standard InChI is InChI=1S/C25H29F3N8O2.C9H10N2/c26-25(27,28)16-3-4-21(34-6-8-37-9-7-34)33-23(16)18-10-32-20(29)13-36(18)24-17(2-1-5-31-24)35-11-15-14-38-19(12-35)22(15)30;1-9(10)6-7-4-2-3-5-8(7)11-9/h1-5,10,15,19,22H,6-9,11-14,30H2,(H2,29,32);2-6H,10H2,1H3/t15-,19-,22+;/m1./s1. The molecule has 7 heterocycles. The molecule has 2 bridgehead atoms. The van der Waals surface area contributed by atoms with Gasteiger partial charge in [-0.05, 0) is 48.6 Å². The summed E-state index contributed by atoms with van der Waals surface area (Å²) < 4.78 is 54.0. The topological polar surface area (TPSA) is 157 Å². The first kappa shape index (κ1) is 33.0. The normalized spacial score (nSPS) is 26.2. The number of piperidine rings is 1. The van der Waals surface area contributed by atoms with Crippen molar-refractivity contribution in [1.29, 1.82) is 0 Å². The molecular weight excluding hydrogens is 637 g/mol. The zero-order valence-corrected chi connectivity index (χ0v) is 27.1. The van der Waals surface area contributed by atoms with Gasteiger partial charge in [-0.2, -0.15) is 13.2 Å². The second-order valence-corrected chi connectivity index (χ2v) is 12.9. The van der Waals surface area contributed by atoms with Crippen molar-refractivity contribution in [2.75, 3.05) is 67.2 Å². The average Bonchev–Trinajstić information content (AvgIpc) is 3.49. The summed E-state index contributed by atoms with van der Waals surface area (Å²) in [5.41, 5.74) is 17.6. The first-order chi connectivity index (χ1) is 23.5. The number of rotatable bonds is 4. The predicted octanol–water partition coefficient (Wildman–Crippen LogP) is 1.45. The Hall–Kier alpha value is -4.57. The number of nitrogens with zero attached hydrogens (tertiary/aromatic N) is 7. The van der Waals surface area contributed by atoms with Crippen LogP contribution in [-0.4, -0.2) is 86.2 Å². The number of aliphatic imine (C=N–C) groups is 1. The van der Waals surface area contributed by atoms with Crippen LogP contribution in [0, 0.1) is 5.92 Å². The number of nitrogens with two attached hydrogens (primary N) is 3. The van der Waals surface area contributed by atoms with Crippen molar-refractivity contribution in [3.8, 4) is 0 Å². The third kappa shape index (κ3) is 6.84. The molecule has 258 valence electrons. The number of pyridine rings is 2. The zero-order valence-electron chi connectivity index (χ0n) is 27.1. The lowest BCUT2D eigenvalue weighted by Crippen LogP contribution is -2.52. The number of hydrogen-bond donors (Lipinski definition) is 3. The van der Waals surface area contributed by atoms with Gasteiger partial charge >= 0.3 is 6.18 Å². The lowest BCUT2D eigenvalue weighted by Gasteiger charge is -2.38. The second-order valence-electron chi connectivity index (χ2n) is 12.9. The molecule has 0 saturated carbocycles. The van der Waals surface area contributed by atoms with Crippen molar-refractivity contribution in [2.45, 2.75) is 30.9 Å². The van der Waals surface area contributed by atoms with E-state index >= 15 is 0 Å². The summed E-state index contributed by atoms with van der Waals surface area (Å²) in [5, 5.41) is 2.13. The fourth-order valence-electron chi connectivity index (χ4n) is 6.78. The molecule has 49 heavy (non-hydrogen) atoms. The Labute approximate surface area is 281 Å². The highest BCUT2D eigenvalue weighted by molar-refractivity contribution is 5.96. The third-order valence-electron chi connectivity index (χ3n) is 9.19. The van der Waals surface area contributed by atoms with Crippen LogP contribution in [0.4, 0.5) is 30.5 Å². The Morgan fingerprint density at radius 3 is 2.55 bits per heavy atom. The Bertz CT molecular complexity index is 1840. The number of aromatic nitrogens is 2. The van der Waals surface area contributed by atoms with Crippen molar-refractivity contribution >= 4 is 34.9 Å². The van der Waals surface area contributed by atoms with Crippen LogP contribution in [0.2, 0.25) is 0 Å². The van der Waals surface area contributed by atoms with Gasteiger partial charge in [0.2, 0.25) is 0 Å². The molecule has 2 aromatic heterocycles. The number of amidine groups is 1. The summed E-state index contributed by atoms with van der Waals surface area (Å²) in [7, 11) is 0. The number of morpholine rings is 1. The van der Waals surface area contributed by atoms with Gasteiger partial charge < -0.3 is 41.4 Å². The Balaban J connectivity index is 0.000000290. The maximum Gasteiger partial charge on any atom is 0.418 e. The maximum atomic E-state index is 14.3. The highest BCUT2D eigenvalue weighted by Gasteiger charge is 2.43.